The zero-order valence-electron chi connectivity index (χ0n) is 6.19. The molecule has 0 aromatic heterocycles. The molecule has 0 bridgehead atoms. The van der Waals surface area contributed by atoms with E-state index in [-0.39, 0.29) is 12.5 Å². The van der Waals surface area contributed by atoms with E-state index in [1.54, 1.807) is 0 Å². The maximum absolute atomic E-state index is 10.6. The summed E-state index contributed by atoms with van der Waals surface area (Å²) >= 11 is 0. The van der Waals surface area contributed by atoms with E-state index in [9.17, 15) is 4.79 Å². The molecule has 1 heterocycles. The topological polar surface area (TPSA) is 66.8 Å². The van der Waals surface area contributed by atoms with Gasteiger partial charge in [0.05, 0.1) is 12.5 Å². The first-order chi connectivity index (χ1) is 5.25. The lowest BCUT2D eigenvalue weighted by atomic mass is 9.89. The van der Waals surface area contributed by atoms with E-state index < -0.39 is 11.9 Å². The molecule has 1 saturated heterocycles. The van der Waals surface area contributed by atoms with Crippen LogP contribution in [0.1, 0.15) is 6.42 Å². The quantitative estimate of drug-likeness (QED) is 0.582. The fourth-order valence-corrected chi connectivity index (χ4v) is 1.30. The molecule has 1 aliphatic rings. The molecular formula is C7H12O4. The van der Waals surface area contributed by atoms with E-state index in [1.807, 2.05) is 0 Å². The second-order valence-electron chi connectivity index (χ2n) is 2.75. The first-order valence-corrected chi connectivity index (χ1v) is 3.67. The van der Waals surface area contributed by atoms with Crippen molar-refractivity contribution in [2.45, 2.75) is 6.42 Å². The highest BCUT2D eigenvalue weighted by atomic mass is 16.5. The predicted octanol–water partition coefficient (Wildman–Crippen LogP) is -0.284. The molecule has 0 aromatic carbocycles. The summed E-state index contributed by atoms with van der Waals surface area (Å²) in [5, 5.41) is 17.4. The average molecular weight is 160 g/mol. The fraction of sp³-hybridized carbons (Fsp3) is 0.857. The van der Waals surface area contributed by atoms with Gasteiger partial charge in [0.25, 0.3) is 0 Å². The summed E-state index contributed by atoms with van der Waals surface area (Å²) in [5.41, 5.74) is 0. The SMILES string of the molecule is O=C(O)[C@@H]1CCOC[C@@H]1CO. The van der Waals surface area contributed by atoms with Crippen LogP contribution in [0.5, 0.6) is 0 Å². The molecule has 0 aliphatic carbocycles. The maximum Gasteiger partial charge on any atom is 0.307 e. The van der Waals surface area contributed by atoms with Crippen LogP contribution in [-0.2, 0) is 9.53 Å². The number of carbonyl (C=O) groups is 1. The maximum atomic E-state index is 10.6. The van der Waals surface area contributed by atoms with Gasteiger partial charge in [-0.05, 0) is 6.42 Å². The molecule has 1 rings (SSSR count). The van der Waals surface area contributed by atoms with E-state index in [0.717, 1.165) is 0 Å². The van der Waals surface area contributed by atoms with Crippen molar-refractivity contribution in [3.63, 3.8) is 0 Å². The van der Waals surface area contributed by atoms with Crippen LogP contribution < -0.4 is 0 Å². The van der Waals surface area contributed by atoms with Gasteiger partial charge in [0.2, 0.25) is 0 Å². The van der Waals surface area contributed by atoms with Gasteiger partial charge in [0.15, 0.2) is 0 Å². The zero-order valence-corrected chi connectivity index (χ0v) is 6.19. The number of carboxylic acids is 1. The van der Waals surface area contributed by atoms with Crippen molar-refractivity contribution >= 4 is 5.97 Å². The normalized spacial score (nSPS) is 31.7. The summed E-state index contributed by atoms with van der Waals surface area (Å²) in [6.07, 6.45) is 0.514. The minimum absolute atomic E-state index is 0.100. The second kappa shape index (κ2) is 3.69. The van der Waals surface area contributed by atoms with Crippen LogP contribution in [0.2, 0.25) is 0 Å². The molecule has 4 nitrogen and oxygen atoms in total. The molecule has 2 N–H and O–H groups in total. The highest BCUT2D eigenvalue weighted by Crippen LogP contribution is 2.21. The van der Waals surface area contributed by atoms with Crippen molar-refractivity contribution in [3.05, 3.63) is 0 Å². The summed E-state index contributed by atoms with van der Waals surface area (Å²) < 4.78 is 5.03. The summed E-state index contributed by atoms with van der Waals surface area (Å²) in [6.45, 7) is 0.762. The van der Waals surface area contributed by atoms with Crippen LogP contribution in [0.4, 0.5) is 0 Å². The molecule has 0 spiro atoms. The molecule has 0 radical (unpaired) electrons. The Morgan fingerprint density at radius 3 is 2.82 bits per heavy atom. The van der Waals surface area contributed by atoms with Crippen LogP contribution in [0, 0.1) is 11.8 Å². The Bertz CT molecular complexity index is 145. The summed E-state index contributed by atoms with van der Waals surface area (Å²) in [4.78, 5) is 10.6. The highest BCUT2D eigenvalue weighted by Gasteiger charge is 2.30. The second-order valence-corrected chi connectivity index (χ2v) is 2.75. The van der Waals surface area contributed by atoms with Crippen molar-refractivity contribution < 1.29 is 19.7 Å². The van der Waals surface area contributed by atoms with Crippen molar-refractivity contribution in [3.8, 4) is 0 Å². The Morgan fingerprint density at radius 1 is 1.64 bits per heavy atom. The van der Waals surface area contributed by atoms with Crippen LogP contribution in [0.3, 0.4) is 0 Å². The molecule has 1 fully saturated rings. The fourth-order valence-electron chi connectivity index (χ4n) is 1.30. The Labute approximate surface area is 64.8 Å². The van der Waals surface area contributed by atoms with Crippen molar-refractivity contribution in [2.75, 3.05) is 19.8 Å². The van der Waals surface area contributed by atoms with Crippen molar-refractivity contribution in [2.24, 2.45) is 11.8 Å². The number of aliphatic hydroxyl groups is 1. The predicted molar refractivity (Wildman–Crippen MR) is 37.1 cm³/mol. The monoisotopic (exact) mass is 160 g/mol. The van der Waals surface area contributed by atoms with Gasteiger partial charge in [0, 0.05) is 19.1 Å². The van der Waals surface area contributed by atoms with Gasteiger partial charge in [-0.25, -0.2) is 0 Å². The molecule has 4 heteroatoms. The van der Waals surface area contributed by atoms with Gasteiger partial charge < -0.3 is 14.9 Å². The Balaban J connectivity index is 2.51. The van der Waals surface area contributed by atoms with E-state index in [2.05, 4.69) is 0 Å². The number of rotatable bonds is 2. The third-order valence-electron chi connectivity index (χ3n) is 2.03. The molecule has 0 unspecified atom stereocenters. The molecule has 0 aromatic rings. The molecule has 11 heavy (non-hydrogen) atoms. The van der Waals surface area contributed by atoms with Gasteiger partial charge in [-0.3, -0.25) is 4.79 Å². The lowest BCUT2D eigenvalue weighted by Gasteiger charge is -2.26. The van der Waals surface area contributed by atoms with Crippen LogP contribution >= 0.6 is 0 Å². The number of aliphatic hydroxyl groups excluding tert-OH is 1. The number of carboxylic acid groups (broad SMARTS) is 1. The number of ether oxygens (including phenoxy) is 1. The first-order valence-electron chi connectivity index (χ1n) is 3.67. The minimum Gasteiger partial charge on any atom is -0.481 e. The smallest absolute Gasteiger partial charge is 0.307 e. The molecule has 0 amide bonds. The molecule has 1 aliphatic heterocycles. The molecule has 2 atom stereocenters. The van der Waals surface area contributed by atoms with E-state index >= 15 is 0 Å². The summed E-state index contributed by atoms with van der Waals surface area (Å²) in [5.74, 6) is -1.47. The molecule has 64 valence electrons. The Kier molecular flexibility index (Phi) is 2.84. The van der Waals surface area contributed by atoms with Crippen molar-refractivity contribution in [1.29, 1.82) is 0 Å². The highest BCUT2D eigenvalue weighted by molar-refractivity contribution is 5.70. The Morgan fingerprint density at radius 2 is 2.36 bits per heavy atom. The van der Waals surface area contributed by atoms with E-state index in [0.29, 0.717) is 19.6 Å². The zero-order chi connectivity index (χ0) is 8.27. The molecular weight excluding hydrogens is 148 g/mol. The van der Waals surface area contributed by atoms with E-state index in [4.69, 9.17) is 14.9 Å². The minimum atomic E-state index is -0.827. The van der Waals surface area contributed by atoms with Gasteiger partial charge in [-0.2, -0.15) is 0 Å². The largest absolute Gasteiger partial charge is 0.481 e. The van der Waals surface area contributed by atoms with Gasteiger partial charge in [-0.15, -0.1) is 0 Å². The summed E-state index contributed by atoms with van der Waals surface area (Å²) in [6, 6.07) is 0. The third kappa shape index (κ3) is 1.91. The van der Waals surface area contributed by atoms with Gasteiger partial charge in [-0.1, -0.05) is 0 Å². The third-order valence-corrected chi connectivity index (χ3v) is 2.03. The number of hydrogen-bond acceptors (Lipinski definition) is 3. The number of hydrogen-bond donors (Lipinski definition) is 2. The van der Waals surface area contributed by atoms with Gasteiger partial charge >= 0.3 is 5.97 Å². The summed E-state index contributed by atoms with van der Waals surface area (Å²) in [7, 11) is 0. The molecule has 0 saturated carbocycles. The first kappa shape index (κ1) is 8.49. The average Bonchev–Trinajstić information content (AvgIpc) is 2.04. The Hall–Kier alpha value is -0.610. The van der Waals surface area contributed by atoms with Gasteiger partial charge in [0.1, 0.15) is 0 Å². The number of aliphatic carboxylic acids is 1. The van der Waals surface area contributed by atoms with E-state index in [1.165, 1.54) is 0 Å². The lowest BCUT2D eigenvalue weighted by molar-refractivity contribution is -0.149. The lowest BCUT2D eigenvalue weighted by Crippen LogP contribution is -2.35. The van der Waals surface area contributed by atoms with Crippen LogP contribution in [-0.4, -0.2) is 36.0 Å². The van der Waals surface area contributed by atoms with Crippen molar-refractivity contribution in [1.82, 2.24) is 0 Å². The standard InChI is InChI=1S/C7H12O4/c8-3-5-4-11-2-1-6(5)7(9)10/h5-6,8H,1-4H2,(H,9,10)/t5-,6+/m0/s1. The van der Waals surface area contributed by atoms with Crippen LogP contribution in [0.25, 0.3) is 0 Å². The van der Waals surface area contributed by atoms with Crippen LogP contribution in [0.15, 0.2) is 0 Å².